The summed E-state index contributed by atoms with van der Waals surface area (Å²) in [6.07, 6.45) is 0. The van der Waals surface area contributed by atoms with Crippen LogP contribution < -0.4 is 108 Å². The van der Waals surface area contributed by atoms with Gasteiger partial charge < -0.3 is 9.66 Å². The van der Waals surface area contributed by atoms with Gasteiger partial charge in [-0.1, -0.05) is 36.1 Å². The van der Waals surface area contributed by atoms with Crippen molar-refractivity contribution in [3.8, 4) is 5.75 Å². The Balaban J connectivity index is 0.00000200. The molecule has 21 heavy (non-hydrogen) atoms. The molecular formula is C10H6K2O7S2. The quantitative estimate of drug-likeness (QED) is 0.405. The van der Waals surface area contributed by atoms with E-state index in [9.17, 15) is 26.5 Å². The van der Waals surface area contributed by atoms with Gasteiger partial charge in [0, 0.05) is 10.8 Å². The first-order valence-electron chi connectivity index (χ1n) is 4.78. The topological polar surface area (TPSA) is 135 Å². The molecule has 0 atom stereocenters. The largest absolute Gasteiger partial charge is 1.00 e. The zero-order valence-corrected chi connectivity index (χ0v) is 19.0. The van der Waals surface area contributed by atoms with Crippen molar-refractivity contribution >= 4 is 31.0 Å². The molecule has 11 heteroatoms. The van der Waals surface area contributed by atoms with Gasteiger partial charge in [-0.05, 0) is 0 Å². The summed E-state index contributed by atoms with van der Waals surface area (Å²) in [5.74, 6) is -1.25. The second kappa shape index (κ2) is 8.11. The van der Waals surface area contributed by atoms with Crippen LogP contribution in [-0.2, 0) is 20.2 Å². The molecule has 0 fully saturated rings. The first kappa shape index (κ1) is 22.6. The Kier molecular flexibility index (Phi) is 8.73. The van der Waals surface area contributed by atoms with Gasteiger partial charge in [0.15, 0.2) is 0 Å². The van der Waals surface area contributed by atoms with Crippen LogP contribution >= 0.6 is 0 Å². The van der Waals surface area contributed by atoms with Crippen molar-refractivity contribution in [2.45, 2.75) is 9.79 Å². The van der Waals surface area contributed by atoms with Crippen LogP contribution in [0.25, 0.3) is 10.8 Å². The Labute approximate surface area is 206 Å². The van der Waals surface area contributed by atoms with E-state index in [4.69, 9.17) is 4.55 Å². The van der Waals surface area contributed by atoms with E-state index < -0.39 is 35.8 Å². The van der Waals surface area contributed by atoms with Gasteiger partial charge in [0.1, 0.15) is 10.1 Å². The first-order chi connectivity index (χ1) is 8.62. The van der Waals surface area contributed by atoms with Gasteiger partial charge in [-0.2, -0.15) is 8.42 Å². The predicted octanol–water partition coefficient (Wildman–Crippen LogP) is -5.93. The Morgan fingerprint density at radius 1 is 0.952 bits per heavy atom. The van der Waals surface area contributed by atoms with Gasteiger partial charge in [-0.15, -0.1) is 0 Å². The second-order valence-electron chi connectivity index (χ2n) is 3.68. The number of fused-ring (bicyclic) bond motifs is 1. The molecular weight excluding hydrogens is 374 g/mol. The van der Waals surface area contributed by atoms with E-state index >= 15 is 0 Å². The summed E-state index contributed by atoms with van der Waals surface area (Å²) in [4.78, 5) is -1.77. The Morgan fingerprint density at radius 2 is 1.43 bits per heavy atom. The van der Waals surface area contributed by atoms with Crippen LogP contribution in [0.3, 0.4) is 0 Å². The Morgan fingerprint density at radius 3 is 1.86 bits per heavy atom. The van der Waals surface area contributed by atoms with Crippen LogP contribution in [0.4, 0.5) is 0 Å². The van der Waals surface area contributed by atoms with Gasteiger partial charge >= 0.3 is 103 Å². The first-order valence-corrected chi connectivity index (χ1v) is 7.63. The normalized spacial score (nSPS) is 11.5. The summed E-state index contributed by atoms with van der Waals surface area (Å²) < 4.78 is 64.5. The van der Waals surface area contributed by atoms with E-state index in [2.05, 4.69) is 0 Å². The van der Waals surface area contributed by atoms with Gasteiger partial charge in [-0.25, -0.2) is 8.42 Å². The molecule has 0 saturated heterocycles. The third kappa shape index (κ3) is 5.03. The zero-order chi connectivity index (χ0) is 14.4. The van der Waals surface area contributed by atoms with Crippen molar-refractivity contribution in [2.75, 3.05) is 0 Å². The molecule has 102 valence electrons. The minimum absolute atomic E-state index is 0. The van der Waals surface area contributed by atoms with E-state index in [-0.39, 0.29) is 114 Å². The molecule has 7 nitrogen and oxygen atoms in total. The maximum atomic E-state index is 11.6. The van der Waals surface area contributed by atoms with Crippen molar-refractivity contribution in [3.63, 3.8) is 0 Å². The van der Waals surface area contributed by atoms with Crippen molar-refractivity contribution in [2.24, 2.45) is 0 Å². The number of benzene rings is 2. The molecule has 0 radical (unpaired) electrons. The fourth-order valence-corrected chi connectivity index (χ4v) is 3.23. The molecule has 0 amide bonds. The summed E-state index contributed by atoms with van der Waals surface area (Å²) >= 11 is 0. The molecule has 0 spiro atoms. The number of hydrogen-bond donors (Lipinski definition) is 1. The number of rotatable bonds is 2. The minimum atomic E-state index is -4.94. The average molecular weight is 380 g/mol. The molecule has 0 saturated carbocycles. The summed E-state index contributed by atoms with van der Waals surface area (Å²) in [6.45, 7) is 0. The maximum Gasteiger partial charge on any atom is 1.00 e. The maximum absolute atomic E-state index is 11.6. The van der Waals surface area contributed by atoms with E-state index in [1.165, 1.54) is 18.2 Å². The van der Waals surface area contributed by atoms with Gasteiger partial charge in [-0.3, -0.25) is 4.55 Å². The van der Waals surface area contributed by atoms with E-state index in [1.807, 2.05) is 0 Å². The molecule has 2 rings (SSSR count). The molecule has 0 aliphatic carbocycles. The molecule has 0 bridgehead atoms. The fraction of sp³-hybridized carbons (Fsp3) is 0. The minimum Gasteiger partial charge on any atom is -0.871 e. The van der Waals surface area contributed by atoms with Crippen LogP contribution in [0.15, 0.2) is 40.1 Å². The second-order valence-corrected chi connectivity index (χ2v) is 6.38. The van der Waals surface area contributed by atoms with Crippen molar-refractivity contribution in [1.29, 1.82) is 0 Å². The van der Waals surface area contributed by atoms with Crippen LogP contribution in [0.1, 0.15) is 0 Å². The monoisotopic (exact) mass is 380 g/mol. The van der Waals surface area contributed by atoms with Gasteiger partial charge in [0.2, 0.25) is 0 Å². The van der Waals surface area contributed by atoms with Crippen LogP contribution in [-0.4, -0.2) is 25.9 Å². The van der Waals surface area contributed by atoms with Crippen LogP contribution in [0.5, 0.6) is 5.75 Å². The third-order valence-corrected chi connectivity index (χ3v) is 4.26. The molecule has 0 aromatic heterocycles. The number of hydrogen-bond acceptors (Lipinski definition) is 6. The summed E-state index contributed by atoms with van der Waals surface area (Å²) in [5.41, 5.74) is 0. The van der Waals surface area contributed by atoms with Crippen molar-refractivity contribution in [3.05, 3.63) is 30.3 Å². The fourth-order valence-electron chi connectivity index (χ4n) is 1.76. The molecule has 0 unspecified atom stereocenters. The van der Waals surface area contributed by atoms with Gasteiger partial charge in [0.05, 0.1) is 9.79 Å². The summed E-state index contributed by atoms with van der Waals surface area (Å²) in [6, 6.07) is 5.42. The van der Waals surface area contributed by atoms with E-state index in [1.54, 1.807) is 0 Å². The van der Waals surface area contributed by atoms with E-state index in [0.717, 1.165) is 6.07 Å². The molecule has 2 aromatic rings. The van der Waals surface area contributed by atoms with E-state index in [0.29, 0.717) is 6.07 Å². The SMILES string of the molecule is O=S(=O)([O-])c1cc([O-])c(S(=O)(=O)O)c2ccccc12.[K+].[K+]. The van der Waals surface area contributed by atoms with Crippen molar-refractivity contribution < 1.29 is 134 Å². The standard InChI is InChI=1S/C10H8O7S2.2K/c11-8-5-9(18(12,13)14)6-3-1-2-4-7(6)10(8)19(15,16)17;;/h1-5,11H,(H,12,13,14)(H,15,16,17);;/q;2*+1/p-2. The predicted molar refractivity (Wildman–Crippen MR) is 61.2 cm³/mol. The Hall–Kier alpha value is 1.59. The zero-order valence-electron chi connectivity index (χ0n) is 11.1. The molecule has 0 aliphatic rings. The smallest absolute Gasteiger partial charge is 0.871 e. The molecule has 2 aromatic carbocycles. The Bertz CT molecular complexity index is 876. The molecule has 0 aliphatic heterocycles. The molecule has 0 heterocycles. The van der Waals surface area contributed by atoms with Crippen LogP contribution in [0.2, 0.25) is 0 Å². The molecule has 1 N–H and O–H groups in total. The van der Waals surface area contributed by atoms with Crippen molar-refractivity contribution in [1.82, 2.24) is 0 Å². The summed E-state index contributed by atoms with van der Waals surface area (Å²) in [5, 5.41) is 11.1. The summed E-state index contributed by atoms with van der Waals surface area (Å²) in [7, 11) is -9.77. The van der Waals surface area contributed by atoms with Gasteiger partial charge in [0.25, 0.3) is 10.1 Å². The average Bonchev–Trinajstić information content (AvgIpc) is 2.24. The van der Waals surface area contributed by atoms with Crippen LogP contribution in [0, 0.1) is 0 Å². The third-order valence-electron chi connectivity index (χ3n) is 2.45.